The Morgan fingerprint density at radius 1 is 1.35 bits per heavy atom. The van der Waals surface area contributed by atoms with Crippen LogP contribution in [0.1, 0.15) is 18.5 Å². The molecule has 1 unspecified atom stereocenters. The normalized spacial score (nSPS) is 12.8. The molecule has 0 radical (unpaired) electrons. The van der Waals surface area contributed by atoms with Crippen LogP contribution in [0.4, 0.5) is 8.78 Å². The Morgan fingerprint density at radius 3 is 2.71 bits per heavy atom. The van der Waals surface area contributed by atoms with Gasteiger partial charge in [-0.05, 0) is 24.2 Å². The van der Waals surface area contributed by atoms with Gasteiger partial charge < -0.3 is 14.8 Å². The van der Waals surface area contributed by atoms with Crippen LogP contribution in [-0.2, 0) is 4.74 Å². The topological polar surface area (TPSA) is 30.5 Å². The van der Waals surface area contributed by atoms with Gasteiger partial charge in [0, 0.05) is 7.11 Å². The van der Waals surface area contributed by atoms with Crippen molar-refractivity contribution < 1.29 is 18.3 Å². The maximum Gasteiger partial charge on any atom is 0.387 e. The lowest BCUT2D eigenvalue weighted by Crippen LogP contribution is -2.24. The van der Waals surface area contributed by atoms with E-state index in [9.17, 15) is 8.78 Å². The van der Waals surface area contributed by atoms with E-state index in [1.807, 2.05) is 13.0 Å². The first-order chi connectivity index (χ1) is 8.17. The summed E-state index contributed by atoms with van der Waals surface area (Å²) in [5.41, 5.74) is 0.867. The molecule has 1 aromatic rings. The van der Waals surface area contributed by atoms with Crippen molar-refractivity contribution >= 4 is 0 Å². The molecule has 0 aliphatic rings. The fraction of sp³-hybridized carbons (Fsp3) is 0.500. The molecule has 0 bridgehead atoms. The summed E-state index contributed by atoms with van der Waals surface area (Å²) in [6.07, 6.45) is 0. The zero-order valence-corrected chi connectivity index (χ0v) is 9.95. The van der Waals surface area contributed by atoms with Gasteiger partial charge in [0.25, 0.3) is 0 Å². The summed E-state index contributed by atoms with van der Waals surface area (Å²) in [6.45, 7) is 0.424. The fourth-order valence-electron chi connectivity index (χ4n) is 1.59. The van der Waals surface area contributed by atoms with E-state index in [0.29, 0.717) is 6.61 Å². The van der Waals surface area contributed by atoms with Gasteiger partial charge in [-0.1, -0.05) is 19.1 Å². The lowest BCUT2D eigenvalue weighted by molar-refractivity contribution is -0.0499. The molecule has 3 nitrogen and oxygen atoms in total. The Morgan fingerprint density at radius 2 is 2.12 bits per heavy atom. The Labute approximate surface area is 99.7 Å². The number of halogens is 2. The molecule has 0 saturated carbocycles. The number of rotatable bonds is 7. The van der Waals surface area contributed by atoms with E-state index in [4.69, 9.17) is 4.74 Å². The third kappa shape index (κ3) is 4.66. The summed E-state index contributed by atoms with van der Waals surface area (Å²) in [7, 11) is 1.60. The second-order valence-electron chi connectivity index (χ2n) is 3.52. The minimum Gasteiger partial charge on any atom is -0.435 e. The van der Waals surface area contributed by atoms with Gasteiger partial charge in [0.2, 0.25) is 0 Å². The van der Waals surface area contributed by atoms with Crippen LogP contribution in [0.2, 0.25) is 0 Å². The van der Waals surface area contributed by atoms with E-state index in [2.05, 4.69) is 10.1 Å². The monoisotopic (exact) mass is 245 g/mol. The molecule has 0 amide bonds. The summed E-state index contributed by atoms with van der Waals surface area (Å²) in [4.78, 5) is 0. The smallest absolute Gasteiger partial charge is 0.387 e. The molecule has 1 N–H and O–H groups in total. The van der Waals surface area contributed by atoms with Crippen LogP contribution in [0.5, 0.6) is 5.75 Å². The largest absolute Gasteiger partial charge is 0.435 e. The van der Waals surface area contributed by atoms with Gasteiger partial charge in [-0.25, -0.2) is 0 Å². The van der Waals surface area contributed by atoms with Gasteiger partial charge in [0.1, 0.15) is 5.75 Å². The first kappa shape index (κ1) is 13.9. The predicted octanol–water partition coefficient (Wildman–Crippen LogP) is 2.59. The summed E-state index contributed by atoms with van der Waals surface area (Å²) < 4.78 is 33.6. The molecule has 0 heterocycles. The average molecular weight is 245 g/mol. The maximum absolute atomic E-state index is 12.1. The molecule has 96 valence electrons. The van der Waals surface area contributed by atoms with Gasteiger partial charge in [-0.2, -0.15) is 8.78 Å². The molecule has 5 heteroatoms. The molecule has 1 rings (SSSR count). The number of methoxy groups -OCH3 is 1. The lowest BCUT2D eigenvalue weighted by Gasteiger charge is -2.18. The summed E-state index contributed by atoms with van der Waals surface area (Å²) >= 11 is 0. The number of ether oxygens (including phenoxy) is 2. The Bertz CT molecular complexity index is 328. The SMILES string of the molecule is CCNC(COC)c1cccc(OC(F)F)c1. The predicted molar refractivity (Wildman–Crippen MR) is 61.4 cm³/mol. The van der Waals surface area contributed by atoms with E-state index in [1.165, 1.54) is 6.07 Å². The Balaban J connectivity index is 2.79. The Hall–Kier alpha value is -1.20. The quantitative estimate of drug-likeness (QED) is 0.801. The molecule has 0 aliphatic heterocycles. The summed E-state index contributed by atoms with van der Waals surface area (Å²) in [6, 6.07) is 6.62. The van der Waals surface area contributed by atoms with Gasteiger partial charge in [0.05, 0.1) is 12.6 Å². The summed E-state index contributed by atoms with van der Waals surface area (Å²) in [5.74, 6) is 0.163. The highest BCUT2D eigenvalue weighted by Crippen LogP contribution is 2.21. The van der Waals surface area contributed by atoms with Crippen LogP contribution in [0.3, 0.4) is 0 Å². The molecular weight excluding hydrogens is 228 g/mol. The van der Waals surface area contributed by atoms with Crippen molar-refractivity contribution in [3.05, 3.63) is 29.8 Å². The van der Waals surface area contributed by atoms with Crippen LogP contribution in [0.25, 0.3) is 0 Å². The van der Waals surface area contributed by atoms with Crippen LogP contribution in [0.15, 0.2) is 24.3 Å². The number of benzene rings is 1. The first-order valence-electron chi connectivity index (χ1n) is 5.44. The van der Waals surface area contributed by atoms with E-state index in [-0.39, 0.29) is 11.8 Å². The van der Waals surface area contributed by atoms with E-state index < -0.39 is 6.61 Å². The van der Waals surface area contributed by atoms with E-state index in [0.717, 1.165) is 12.1 Å². The number of likely N-dealkylation sites (N-methyl/N-ethyl adjacent to an activating group) is 1. The minimum atomic E-state index is -2.80. The third-order valence-electron chi connectivity index (χ3n) is 2.27. The molecule has 1 aromatic carbocycles. The van der Waals surface area contributed by atoms with Crippen molar-refractivity contribution in [2.75, 3.05) is 20.3 Å². The second kappa shape index (κ2) is 7.19. The standard InChI is InChI=1S/C12H17F2NO2/c1-3-15-11(8-16-2)9-5-4-6-10(7-9)17-12(13)14/h4-7,11-12,15H,3,8H2,1-2H3. The first-order valence-corrected chi connectivity index (χ1v) is 5.44. The third-order valence-corrected chi connectivity index (χ3v) is 2.27. The molecule has 0 fully saturated rings. The van der Waals surface area contributed by atoms with Gasteiger partial charge in [-0.15, -0.1) is 0 Å². The maximum atomic E-state index is 12.1. The van der Waals surface area contributed by atoms with Gasteiger partial charge in [0.15, 0.2) is 0 Å². The molecule has 0 saturated heterocycles. The van der Waals surface area contributed by atoms with Crippen molar-refractivity contribution in [2.45, 2.75) is 19.6 Å². The van der Waals surface area contributed by atoms with Gasteiger partial charge >= 0.3 is 6.61 Å². The van der Waals surface area contributed by atoms with Crippen molar-refractivity contribution in [3.8, 4) is 5.75 Å². The molecule has 0 aromatic heterocycles. The van der Waals surface area contributed by atoms with Crippen LogP contribution >= 0.6 is 0 Å². The Kier molecular flexibility index (Phi) is 5.86. The highest BCUT2D eigenvalue weighted by atomic mass is 19.3. The molecule has 0 aliphatic carbocycles. The number of hydrogen-bond acceptors (Lipinski definition) is 3. The lowest BCUT2D eigenvalue weighted by atomic mass is 10.1. The van der Waals surface area contributed by atoms with E-state index >= 15 is 0 Å². The zero-order valence-electron chi connectivity index (χ0n) is 9.95. The van der Waals surface area contributed by atoms with Crippen molar-refractivity contribution in [3.63, 3.8) is 0 Å². The zero-order chi connectivity index (χ0) is 12.7. The van der Waals surface area contributed by atoms with Crippen molar-refractivity contribution in [1.82, 2.24) is 5.32 Å². The highest BCUT2D eigenvalue weighted by Gasteiger charge is 2.11. The molecule has 17 heavy (non-hydrogen) atoms. The minimum absolute atomic E-state index is 0.0220. The molecular formula is C12H17F2NO2. The summed E-state index contributed by atoms with van der Waals surface area (Å²) in [5, 5.41) is 3.21. The highest BCUT2D eigenvalue weighted by molar-refractivity contribution is 5.30. The average Bonchev–Trinajstić information content (AvgIpc) is 2.28. The molecule has 1 atom stereocenters. The number of hydrogen-bond donors (Lipinski definition) is 1. The molecule has 0 spiro atoms. The number of nitrogens with one attached hydrogen (secondary N) is 1. The van der Waals surface area contributed by atoms with Crippen LogP contribution in [0, 0.1) is 0 Å². The van der Waals surface area contributed by atoms with Gasteiger partial charge in [-0.3, -0.25) is 0 Å². The van der Waals surface area contributed by atoms with Crippen molar-refractivity contribution in [2.24, 2.45) is 0 Å². The second-order valence-corrected chi connectivity index (χ2v) is 3.52. The van der Waals surface area contributed by atoms with Crippen LogP contribution < -0.4 is 10.1 Å². The van der Waals surface area contributed by atoms with Crippen molar-refractivity contribution in [1.29, 1.82) is 0 Å². The van der Waals surface area contributed by atoms with Crippen LogP contribution in [-0.4, -0.2) is 26.9 Å². The number of alkyl halides is 2. The fourth-order valence-corrected chi connectivity index (χ4v) is 1.59. The van der Waals surface area contributed by atoms with E-state index in [1.54, 1.807) is 19.2 Å².